The molecule has 0 bridgehead atoms. The van der Waals surface area contributed by atoms with Crippen molar-refractivity contribution in [3.63, 3.8) is 0 Å². The maximum absolute atomic E-state index is 12.8. The second-order valence-electron chi connectivity index (χ2n) is 1.87. The molecule has 0 fully saturated rings. The molecule has 1 aromatic rings. The molecule has 0 N–H and O–H groups in total. The highest BCUT2D eigenvalue weighted by Gasteiger charge is 2.08. The zero-order valence-corrected chi connectivity index (χ0v) is 7.60. The van der Waals surface area contributed by atoms with Crippen LogP contribution in [0.1, 0.15) is 5.56 Å². The summed E-state index contributed by atoms with van der Waals surface area (Å²) < 4.78 is 12.8. The fourth-order valence-electron chi connectivity index (χ4n) is 0.686. The van der Waals surface area contributed by atoms with E-state index >= 15 is 0 Å². The lowest BCUT2D eigenvalue weighted by Gasteiger charge is -1.99. The molecule has 0 aliphatic rings. The van der Waals surface area contributed by atoms with Gasteiger partial charge < -0.3 is 0 Å². The van der Waals surface area contributed by atoms with Crippen molar-refractivity contribution in [1.29, 1.82) is 0 Å². The summed E-state index contributed by atoms with van der Waals surface area (Å²) >= 11 is 15.6. The zero-order valence-electron chi connectivity index (χ0n) is 5.27. The molecular weight excluding hydrogens is 206 g/mol. The Hall–Kier alpha value is -0.180. The molecule has 58 valence electrons. The van der Waals surface area contributed by atoms with Crippen molar-refractivity contribution in [3.05, 3.63) is 34.6 Å². The summed E-state index contributed by atoms with van der Waals surface area (Å²) in [4.78, 5) is 0. The minimum absolute atomic E-state index is 0.0481. The van der Waals surface area contributed by atoms with Gasteiger partial charge in [0.25, 0.3) is 0 Å². The van der Waals surface area contributed by atoms with Gasteiger partial charge in [-0.3, -0.25) is 0 Å². The van der Waals surface area contributed by atoms with E-state index in [0.29, 0.717) is 0 Å². The van der Waals surface area contributed by atoms with Gasteiger partial charge >= 0.3 is 0 Å². The molecule has 0 spiro atoms. The Bertz CT molecular complexity index is 278. The molecule has 0 nitrogen and oxygen atoms in total. The molecule has 1 aromatic carbocycles. The van der Waals surface area contributed by atoms with Crippen LogP contribution in [0.5, 0.6) is 0 Å². The third kappa shape index (κ3) is 1.89. The van der Waals surface area contributed by atoms with Crippen molar-refractivity contribution in [2.75, 3.05) is 0 Å². The van der Waals surface area contributed by atoms with Gasteiger partial charge in [-0.15, -0.1) is 0 Å². The second-order valence-corrected chi connectivity index (χ2v) is 3.29. The molecule has 0 saturated heterocycles. The smallest absolute Gasteiger partial charge is 0.134 e. The fourth-order valence-corrected chi connectivity index (χ4v) is 1.45. The molecule has 0 saturated carbocycles. The SMILES string of the molecule is Fc1cccc(Cl)c1C(=S)Cl. The molecule has 1 rings (SSSR count). The first kappa shape index (κ1) is 8.91. The first-order valence-corrected chi connectivity index (χ1v) is 3.93. The molecule has 0 heterocycles. The standard InChI is InChI=1S/C7H3Cl2FS/c8-4-2-1-3-5(10)6(4)7(9)11/h1-3H. The fraction of sp³-hybridized carbons (Fsp3) is 0. The van der Waals surface area contributed by atoms with E-state index in [4.69, 9.17) is 23.2 Å². The second kappa shape index (κ2) is 3.48. The summed E-state index contributed by atoms with van der Waals surface area (Å²) in [6.07, 6.45) is 0. The minimum atomic E-state index is -0.488. The highest BCUT2D eigenvalue weighted by Crippen LogP contribution is 2.21. The normalized spacial score (nSPS) is 9.73. The predicted molar refractivity (Wildman–Crippen MR) is 49.0 cm³/mol. The maximum atomic E-state index is 12.8. The third-order valence-electron chi connectivity index (χ3n) is 1.16. The largest absolute Gasteiger partial charge is 0.206 e. The van der Waals surface area contributed by atoms with Gasteiger partial charge in [-0.2, -0.15) is 0 Å². The average Bonchev–Trinajstić information content (AvgIpc) is 1.85. The van der Waals surface area contributed by atoms with Crippen molar-refractivity contribution in [1.82, 2.24) is 0 Å². The molecule has 0 atom stereocenters. The lowest BCUT2D eigenvalue weighted by atomic mass is 10.2. The minimum Gasteiger partial charge on any atom is -0.206 e. The first-order valence-electron chi connectivity index (χ1n) is 2.77. The van der Waals surface area contributed by atoms with Crippen LogP contribution < -0.4 is 0 Å². The van der Waals surface area contributed by atoms with Crippen LogP contribution in [0.4, 0.5) is 4.39 Å². The van der Waals surface area contributed by atoms with E-state index < -0.39 is 5.82 Å². The molecule has 0 aromatic heterocycles. The lowest BCUT2D eigenvalue weighted by molar-refractivity contribution is 0.626. The number of halogens is 3. The molecule has 0 unspecified atom stereocenters. The van der Waals surface area contributed by atoms with Gasteiger partial charge in [0.2, 0.25) is 0 Å². The number of rotatable bonds is 1. The molecular formula is C7H3Cl2FS. The van der Waals surface area contributed by atoms with E-state index in [1.54, 1.807) is 0 Å². The summed E-state index contributed by atoms with van der Waals surface area (Å²) in [5.41, 5.74) is 0.103. The van der Waals surface area contributed by atoms with Crippen LogP contribution in [0, 0.1) is 5.82 Å². The summed E-state index contributed by atoms with van der Waals surface area (Å²) in [5.74, 6) is -0.488. The zero-order chi connectivity index (χ0) is 8.43. The van der Waals surface area contributed by atoms with E-state index in [-0.39, 0.29) is 14.9 Å². The van der Waals surface area contributed by atoms with Crippen molar-refractivity contribution in [2.45, 2.75) is 0 Å². The van der Waals surface area contributed by atoms with Crippen LogP contribution in [0.25, 0.3) is 0 Å². The highest BCUT2D eigenvalue weighted by molar-refractivity contribution is 7.83. The Balaban J connectivity index is 3.32. The molecule has 0 aliphatic carbocycles. The average molecular weight is 209 g/mol. The monoisotopic (exact) mass is 208 g/mol. The van der Waals surface area contributed by atoms with E-state index in [1.165, 1.54) is 18.2 Å². The predicted octanol–water partition coefficient (Wildman–Crippen LogP) is 3.39. The Morgan fingerprint density at radius 3 is 2.45 bits per heavy atom. The van der Waals surface area contributed by atoms with Crippen LogP contribution in [-0.2, 0) is 0 Å². The summed E-state index contributed by atoms with van der Waals surface area (Å²) in [6, 6.07) is 4.29. The van der Waals surface area contributed by atoms with E-state index in [1.807, 2.05) is 0 Å². The Kier molecular flexibility index (Phi) is 2.82. The maximum Gasteiger partial charge on any atom is 0.134 e. The van der Waals surface area contributed by atoms with E-state index in [2.05, 4.69) is 12.2 Å². The van der Waals surface area contributed by atoms with Crippen molar-refractivity contribution >= 4 is 39.7 Å². The lowest BCUT2D eigenvalue weighted by Crippen LogP contribution is -1.93. The van der Waals surface area contributed by atoms with E-state index in [0.717, 1.165) is 0 Å². The Morgan fingerprint density at radius 2 is 2.09 bits per heavy atom. The van der Waals surface area contributed by atoms with Gasteiger partial charge in [-0.1, -0.05) is 41.5 Å². The van der Waals surface area contributed by atoms with Gasteiger partial charge in [0.1, 0.15) is 10.1 Å². The topological polar surface area (TPSA) is 0 Å². The number of hydrogen-bond donors (Lipinski definition) is 0. The van der Waals surface area contributed by atoms with Crippen molar-refractivity contribution in [3.8, 4) is 0 Å². The van der Waals surface area contributed by atoms with Gasteiger partial charge in [-0.05, 0) is 12.1 Å². The van der Waals surface area contributed by atoms with Gasteiger partial charge in [0, 0.05) is 0 Å². The highest BCUT2D eigenvalue weighted by atomic mass is 35.5. The summed E-state index contributed by atoms with van der Waals surface area (Å²) in [6.45, 7) is 0. The molecule has 4 heteroatoms. The molecule has 0 amide bonds. The van der Waals surface area contributed by atoms with Crippen LogP contribution in [-0.4, -0.2) is 4.32 Å². The Labute approximate surface area is 78.9 Å². The third-order valence-corrected chi connectivity index (χ3v) is 1.87. The van der Waals surface area contributed by atoms with Gasteiger partial charge in [0.15, 0.2) is 0 Å². The van der Waals surface area contributed by atoms with Crippen LogP contribution in [0.3, 0.4) is 0 Å². The number of benzene rings is 1. The van der Waals surface area contributed by atoms with E-state index in [9.17, 15) is 4.39 Å². The first-order chi connectivity index (χ1) is 5.13. The van der Waals surface area contributed by atoms with Crippen molar-refractivity contribution in [2.24, 2.45) is 0 Å². The van der Waals surface area contributed by atoms with Crippen molar-refractivity contribution < 1.29 is 4.39 Å². The van der Waals surface area contributed by atoms with Gasteiger partial charge in [0.05, 0.1) is 10.6 Å². The number of hydrogen-bond acceptors (Lipinski definition) is 1. The quantitative estimate of drug-likeness (QED) is 0.504. The van der Waals surface area contributed by atoms with Crippen LogP contribution >= 0.6 is 35.4 Å². The van der Waals surface area contributed by atoms with Crippen LogP contribution in [0.2, 0.25) is 5.02 Å². The van der Waals surface area contributed by atoms with Gasteiger partial charge in [-0.25, -0.2) is 4.39 Å². The molecule has 0 aliphatic heterocycles. The molecule has 11 heavy (non-hydrogen) atoms. The Morgan fingerprint density at radius 1 is 1.45 bits per heavy atom. The number of thiocarbonyl (C=S) groups is 1. The van der Waals surface area contributed by atoms with Crippen LogP contribution in [0.15, 0.2) is 18.2 Å². The molecule has 0 radical (unpaired) electrons. The summed E-state index contributed by atoms with van der Waals surface area (Å²) in [5, 5.41) is 0.241. The summed E-state index contributed by atoms with van der Waals surface area (Å²) in [7, 11) is 0.